The van der Waals surface area contributed by atoms with Crippen LogP contribution < -0.4 is 20.1 Å². The molecule has 0 radical (unpaired) electrons. The average molecular weight is 509 g/mol. The molecule has 156 valence electrons. The van der Waals surface area contributed by atoms with Crippen molar-refractivity contribution in [1.29, 1.82) is 0 Å². The number of alkyl halides is 2. The highest BCUT2D eigenvalue weighted by atomic mass is 127. The summed E-state index contributed by atoms with van der Waals surface area (Å²) >= 11 is 0. The second-order valence-corrected chi connectivity index (χ2v) is 5.75. The maximum atomic E-state index is 12.6. The predicted octanol–water partition coefficient (Wildman–Crippen LogP) is 3.17. The number of rotatable bonds is 9. The van der Waals surface area contributed by atoms with E-state index in [1.54, 1.807) is 18.3 Å². The lowest BCUT2D eigenvalue weighted by molar-refractivity contribution is -0.0504. The molecule has 2 aromatic rings. The maximum absolute atomic E-state index is 12.6. The lowest BCUT2D eigenvalue weighted by atomic mass is 10.2. The molecule has 2 rings (SSSR count). The Bertz CT molecular complexity index is 755. The topological polar surface area (TPSA) is 72.7 Å². The lowest BCUT2D eigenvalue weighted by Gasteiger charge is -2.13. The third-order valence-electron chi connectivity index (χ3n) is 3.63. The van der Waals surface area contributed by atoms with Gasteiger partial charge in [0.05, 0.1) is 26.4 Å². The Hall–Kier alpha value is -2.11. The summed E-state index contributed by atoms with van der Waals surface area (Å²) in [4.78, 5) is 4.45. The zero-order chi connectivity index (χ0) is 19.6. The van der Waals surface area contributed by atoms with Gasteiger partial charge in [-0.3, -0.25) is 4.68 Å². The van der Waals surface area contributed by atoms with Crippen LogP contribution in [0.1, 0.15) is 18.1 Å². The van der Waals surface area contributed by atoms with Crippen LogP contribution >= 0.6 is 24.0 Å². The number of aryl methyl sites for hydroxylation is 1. The van der Waals surface area contributed by atoms with Crippen LogP contribution in [0, 0.1) is 6.92 Å². The van der Waals surface area contributed by atoms with E-state index in [4.69, 9.17) is 4.74 Å². The highest BCUT2D eigenvalue weighted by Gasteiger charge is 2.11. The van der Waals surface area contributed by atoms with Gasteiger partial charge in [0, 0.05) is 24.8 Å². The van der Waals surface area contributed by atoms with Crippen LogP contribution in [-0.2, 0) is 13.1 Å². The largest absolute Gasteiger partial charge is 0.497 e. The van der Waals surface area contributed by atoms with Crippen LogP contribution in [0.2, 0.25) is 0 Å². The quantitative estimate of drug-likeness (QED) is 0.309. The van der Waals surface area contributed by atoms with E-state index in [0.717, 1.165) is 5.56 Å². The number of hydrogen-bond acceptors (Lipinski definition) is 4. The van der Waals surface area contributed by atoms with Crippen LogP contribution in [0.5, 0.6) is 11.5 Å². The van der Waals surface area contributed by atoms with Gasteiger partial charge in [0.1, 0.15) is 11.5 Å². The first-order valence-electron chi connectivity index (χ1n) is 8.64. The molecule has 10 heteroatoms. The maximum Gasteiger partial charge on any atom is 0.387 e. The summed E-state index contributed by atoms with van der Waals surface area (Å²) in [5.74, 6) is 1.21. The highest BCUT2D eigenvalue weighted by molar-refractivity contribution is 14.0. The Morgan fingerprint density at radius 2 is 2.11 bits per heavy atom. The average Bonchev–Trinajstić information content (AvgIpc) is 3.05. The van der Waals surface area contributed by atoms with Crippen molar-refractivity contribution < 1.29 is 18.3 Å². The molecule has 1 aromatic carbocycles. The molecule has 0 saturated carbocycles. The van der Waals surface area contributed by atoms with Crippen molar-refractivity contribution in [1.82, 2.24) is 20.4 Å². The van der Waals surface area contributed by atoms with Gasteiger partial charge in [0.25, 0.3) is 0 Å². The molecule has 0 aliphatic carbocycles. The van der Waals surface area contributed by atoms with E-state index >= 15 is 0 Å². The summed E-state index contributed by atoms with van der Waals surface area (Å²) in [6, 6.07) is 4.66. The Morgan fingerprint density at radius 3 is 2.71 bits per heavy atom. The first-order valence-corrected chi connectivity index (χ1v) is 8.64. The molecule has 0 aliphatic heterocycles. The zero-order valence-corrected chi connectivity index (χ0v) is 18.4. The fourth-order valence-corrected chi connectivity index (χ4v) is 2.40. The minimum Gasteiger partial charge on any atom is -0.497 e. The number of aliphatic imine (C=N–C) groups is 1. The Morgan fingerprint density at radius 1 is 1.32 bits per heavy atom. The molecule has 0 fully saturated rings. The summed E-state index contributed by atoms with van der Waals surface area (Å²) in [7, 11) is 1.51. The number of nitrogens with zero attached hydrogens (tertiary/aromatic N) is 3. The number of guanidine groups is 1. The zero-order valence-electron chi connectivity index (χ0n) is 16.1. The lowest BCUT2D eigenvalue weighted by Crippen LogP contribution is -2.38. The van der Waals surface area contributed by atoms with Crippen LogP contribution in [0.4, 0.5) is 8.78 Å². The normalized spacial score (nSPS) is 11.1. The molecule has 0 bridgehead atoms. The van der Waals surface area contributed by atoms with E-state index in [1.807, 2.05) is 24.7 Å². The van der Waals surface area contributed by atoms with Gasteiger partial charge in [0.15, 0.2) is 5.96 Å². The molecule has 0 aliphatic rings. The van der Waals surface area contributed by atoms with E-state index in [1.165, 1.54) is 13.2 Å². The molecule has 0 atom stereocenters. The molecule has 0 spiro atoms. The van der Waals surface area contributed by atoms with Gasteiger partial charge >= 0.3 is 6.61 Å². The Labute approximate surface area is 180 Å². The fraction of sp³-hybridized carbons (Fsp3) is 0.444. The minimum atomic E-state index is -2.90. The van der Waals surface area contributed by atoms with E-state index in [0.29, 0.717) is 36.9 Å². The van der Waals surface area contributed by atoms with Gasteiger partial charge in [-0.05, 0) is 37.6 Å². The number of ether oxygens (including phenoxy) is 2. The number of benzene rings is 1. The van der Waals surface area contributed by atoms with Gasteiger partial charge in [-0.15, -0.1) is 24.0 Å². The second kappa shape index (κ2) is 12.4. The molecule has 1 heterocycles. The number of halogens is 3. The summed E-state index contributed by atoms with van der Waals surface area (Å²) in [5.41, 5.74) is 1.61. The summed E-state index contributed by atoms with van der Waals surface area (Å²) in [5, 5.41) is 10.5. The van der Waals surface area contributed by atoms with E-state index in [2.05, 4.69) is 25.5 Å². The van der Waals surface area contributed by atoms with Crippen LogP contribution in [-0.4, -0.2) is 42.6 Å². The predicted molar refractivity (Wildman–Crippen MR) is 115 cm³/mol. The Balaban J connectivity index is 0.00000392. The molecule has 0 amide bonds. The van der Waals surface area contributed by atoms with E-state index < -0.39 is 6.61 Å². The fourth-order valence-electron chi connectivity index (χ4n) is 2.40. The first-order chi connectivity index (χ1) is 13.0. The molecule has 0 saturated heterocycles. The first kappa shape index (κ1) is 23.9. The number of methoxy groups -OCH3 is 1. The number of aromatic nitrogens is 2. The number of hydrogen-bond donors (Lipinski definition) is 2. The summed E-state index contributed by atoms with van der Waals surface area (Å²) in [6.07, 6.45) is 3.75. The third-order valence-corrected chi connectivity index (χ3v) is 3.63. The summed E-state index contributed by atoms with van der Waals surface area (Å²) < 4.78 is 36.8. The van der Waals surface area contributed by atoms with Crippen molar-refractivity contribution in [3.63, 3.8) is 0 Å². The van der Waals surface area contributed by atoms with Gasteiger partial charge in [-0.1, -0.05) is 0 Å². The van der Waals surface area contributed by atoms with Crippen molar-refractivity contribution in [2.24, 2.45) is 4.99 Å². The van der Waals surface area contributed by atoms with Crippen LogP contribution in [0.3, 0.4) is 0 Å². The standard InChI is InChI=1S/C18H25F2N5O2.HI/c1-4-21-18(22-7-8-25-12-13(2)10-24-25)23-11-14-9-15(26-3)5-6-16(14)27-17(19)20;/h5-6,9-10,12,17H,4,7-8,11H2,1-3H3,(H2,21,22,23);1H. The smallest absolute Gasteiger partial charge is 0.387 e. The second-order valence-electron chi connectivity index (χ2n) is 5.75. The van der Waals surface area contributed by atoms with Gasteiger partial charge in [0.2, 0.25) is 0 Å². The van der Waals surface area contributed by atoms with Gasteiger partial charge in [-0.25, -0.2) is 4.99 Å². The van der Waals surface area contributed by atoms with Crippen molar-refractivity contribution in [3.8, 4) is 11.5 Å². The van der Waals surface area contributed by atoms with Crippen molar-refractivity contribution in [2.45, 2.75) is 33.5 Å². The van der Waals surface area contributed by atoms with Crippen LogP contribution in [0.15, 0.2) is 35.6 Å². The van der Waals surface area contributed by atoms with Crippen molar-refractivity contribution in [3.05, 3.63) is 41.7 Å². The van der Waals surface area contributed by atoms with Gasteiger partial charge < -0.3 is 20.1 Å². The number of nitrogens with one attached hydrogen (secondary N) is 2. The highest BCUT2D eigenvalue weighted by Crippen LogP contribution is 2.26. The monoisotopic (exact) mass is 509 g/mol. The summed E-state index contributed by atoms with van der Waals surface area (Å²) in [6.45, 7) is 3.16. The van der Waals surface area contributed by atoms with Crippen LogP contribution in [0.25, 0.3) is 0 Å². The minimum absolute atomic E-state index is 0. The molecular weight excluding hydrogens is 483 g/mol. The Kier molecular flexibility index (Phi) is 10.6. The molecular formula is C18H26F2IN5O2. The molecule has 7 nitrogen and oxygen atoms in total. The van der Waals surface area contributed by atoms with Crippen molar-refractivity contribution in [2.75, 3.05) is 20.2 Å². The van der Waals surface area contributed by atoms with E-state index in [9.17, 15) is 8.78 Å². The molecule has 1 aromatic heterocycles. The molecule has 2 N–H and O–H groups in total. The third kappa shape index (κ3) is 7.87. The SMILES string of the molecule is CCNC(=NCc1cc(OC)ccc1OC(F)F)NCCn1cc(C)cn1.I. The van der Waals surface area contributed by atoms with Gasteiger partial charge in [-0.2, -0.15) is 13.9 Å². The van der Waals surface area contributed by atoms with Crippen molar-refractivity contribution >= 4 is 29.9 Å². The van der Waals surface area contributed by atoms with E-state index in [-0.39, 0.29) is 36.3 Å². The molecule has 28 heavy (non-hydrogen) atoms. The molecule has 0 unspecified atom stereocenters.